The highest BCUT2D eigenvalue weighted by molar-refractivity contribution is 6.32. The van der Waals surface area contributed by atoms with E-state index in [1.165, 1.54) is 31.2 Å². The molecule has 0 radical (unpaired) electrons. The Kier molecular flexibility index (Phi) is 7.52. The highest BCUT2D eigenvalue weighted by atomic mass is 35.5. The van der Waals surface area contributed by atoms with Gasteiger partial charge in [0.25, 0.3) is 0 Å². The third-order valence-electron chi connectivity index (χ3n) is 10.5. The first-order chi connectivity index (χ1) is 23.4. The molecular weight excluding hydrogens is 697 g/mol. The Balaban J connectivity index is 1.35. The molecule has 6 unspecified atom stereocenters. The van der Waals surface area contributed by atoms with Gasteiger partial charge in [0, 0.05) is 11.5 Å². The van der Waals surface area contributed by atoms with Crippen LogP contribution >= 0.6 is 11.6 Å². The maximum Gasteiger partial charge on any atom is 0.416 e. The zero-order valence-electron chi connectivity index (χ0n) is 25.7. The molecule has 0 spiro atoms. The molecule has 4 amide bonds. The SMILES string of the molecule is CC12C(=O)N(c3ccc(F)c(Cl)c3)C(=O)C1CC1C(=CCC3C(=O)N(c4cc(C(F)(F)F)cc(C(F)(F)F)c4)C(=O)C31)C2c1ccccc1O. The Hall–Kier alpha value is -4.72. The van der Waals surface area contributed by atoms with Crippen molar-refractivity contribution >= 4 is 46.6 Å². The Morgan fingerprint density at radius 2 is 1.44 bits per heavy atom. The molecule has 1 saturated carbocycles. The molecule has 15 heteroatoms. The summed E-state index contributed by atoms with van der Waals surface area (Å²) in [6.45, 7) is 1.53. The lowest BCUT2D eigenvalue weighted by molar-refractivity contribution is -0.143. The van der Waals surface area contributed by atoms with E-state index in [9.17, 15) is 55.0 Å². The summed E-state index contributed by atoms with van der Waals surface area (Å²) in [5.74, 6) is -10.3. The van der Waals surface area contributed by atoms with E-state index in [1.807, 2.05) is 0 Å². The summed E-state index contributed by atoms with van der Waals surface area (Å²) in [5, 5.41) is 10.7. The number of allylic oxidation sites excluding steroid dienone is 2. The molecular formula is C35H24ClF7N2O5. The second kappa shape index (κ2) is 11.1. The molecule has 2 aliphatic carbocycles. The number of carbonyl (C=O) groups is 4. The largest absolute Gasteiger partial charge is 0.508 e. The maximum absolute atomic E-state index is 14.4. The molecule has 3 aromatic carbocycles. The number of hydrogen-bond acceptors (Lipinski definition) is 5. The lowest BCUT2D eigenvalue weighted by Gasteiger charge is -2.49. The molecule has 6 atom stereocenters. The van der Waals surface area contributed by atoms with Crippen LogP contribution < -0.4 is 9.80 Å². The number of halogens is 8. The van der Waals surface area contributed by atoms with Gasteiger partial charge in [-0.3, -0.25) is 19.2 Å². The standard InChI is InChI=1S/C35H24ClF7N2O5/c1-33-23(30(48)45(32(33)50)17-6-9-25(37)24(36)13-17)14-22-19(28(33)20-4-2-3-5-26(20)46)7-8-21-27(22)31(49)44(29(21)47)18-11-15(34(38,39)40)10-16(12-18)35(41,42)43/h2-7,9-13,21-23,27-28,46H,8,14H2,1H3. The van der Waals surface area contributed by atoms with Gasteiger partial charge in [0.1, 0.15) is 11.6 Å². The number of amides is 4. The van der Waals surface area contributed by atoms with Gasteiger partial charge >= 0.3 is 12.4 Å². The Morgan fingerprint density at radius 1 is 0.800 bits per heavy atom. The number of carbonyl (C=O) groups excluding carboxylic acids is 4. The van der Waals surface area contributed by atoms with Crippen molar-refractivity contribution in [3.05, 3.63) is 99.8 Å². The number of phenolic OH excluding ortho intramolecular Hbond substituents is 1. The quantitative estimate of drug-likeness (QED) is 0.170. The lowest BCUT2D eigenvalue weighted by Crippen LogP contribution is -2.48. The van der Waals surface area contributed by atoms with Gasteiger partial charge in [-0.1, -0.05) is 41.4 Å². The number of anilines is 2. The molecule has 7 rings (SSSR count). The topological polar surface area (TPSA) is 95.0 Å². The Bertz CT molecular complexity index is 2010. The minimum Gasteiger partial charge on any atom is -0.508 e. The van der Waals surface area contributed by atoms with Crippen molar-refractivity contribution in [1.82, 2.24) is 0 Å². The van der Waals surface area contributed by atoms with Crippen molar-refractivity contribution < 1.29 is 55.0 Å². The van der Waals surface area contributed by atoms with Crippen LogP contribution in [0.5, 0.6) is 5.75 Å². The van der Waals surface area contributed by atoms with E-state index in [0.717, 1.165) is 17.0 Å². The first kappa shape index (κ1) is 33.8. The summed E-state index contributed by atoms with van der Waals surface area (Å²) in [7, 11) is 0. The summed E-state index contributed by atoms with van der Waals surface area (Å²) in [4.78, 5) is 57.7. The van der Waals surface area contributed by atoms with Crippen LogP contribution in [0, 0.1) is 34.9 Å². The fraction of sp³-hybridized carbons (Fsp3) is 0.314. The minimum absolute atomic E-state index is 0.0313. The van der Waals surface area contributed by atoms with Gasteiger partial charge in [-0.2, -0.15) is 26.3 Å². The third kappa shape index (κ3) is 4.85. The van der Waals surface area contributed by atoms with Crippen LogP contribution in [0.15, 0.2) is 72.3 Å². The second-order valence-corrected chi connectivity index (χ2v) is 13.5. The van der Waals surface area contributed by atoms with Crippen LogP contribution in [0.1, 0.15) is 42.4 Å². The molecule has 260 valence electrons. The van der Waals surface area contributed by atoms with Crippen LogP contribution in [-0.4, -0.2) is 28.7 Å². The summed E-state index contributed by atoms with van der Waals surface area (Å²) >= 11 is 5.98. The highest BCUT2D eigenvalue weighted by Crippen LogP contribution is 2.64. The maximum atomic E-state index is 14.4. The number of alkyl halides is 6. The van der Waals surface area contributed by atoms with Gasteiger partial charge in [0.15, 0.2) is 0 Å². The normalized spacial score (nSPS) is 28.1. The van der Waals surface area contributed by atoms with Crippen LogP contribution in [-0.2, 0) is 31.5 Å². The van der Waals surface area contributed by atoms with Crippen molar-refractivity contribution in [3.8, 4) is 5.75 Å². The molecule has 2 saturated heterocycles. The molecule has 0 aromatic heterocycles. The molecule has 3 fully saturated rings. The molecule has 2 aliphatic heterocycles. The predicted octanol–water partition coefficient (Wildman–Crippen LogP) is 7.66. The van der Waals surface area contributed by atoms with Gasteiger partial charge in [0.2, 0.25) is 23.6 Å². The average molecular weight is 721 g/mol. The molecule has 0 bridgehead atoms. The molecule has 3 aromatic rings. The number of para-hydroxylation sites is 1. The number of hydrogen-bond donors (Lipinski definition) is 1. The van der Waals surface area contributed by atoms with Gasteiger partial charge in [-0.05, 0) is 68.1 Å². The van der Waals surface area contributed by atoms with Crippen molar-refractivity contribution in [2.24, 2.45) is 29.1 Å². The van der Waals surface area contributed by atoms with Crippen molar-refractivity contribution in [1.29, 1.82) is 0 Å². The van der Waals surface area contributed by atoms with E-state index in [2.05, 4.69) is 0 Å². The summed E-state index contributed by atoms with van der Waals surface area (Å²) < 4.78 is 96.4. The van der Waals surface area contributed by atoms with Gasteiger partial charge in [-0.15, -0.1) is 0 Å². The summed E-state index contributed by atoms with van der Waals surface area (Å²) in [6.07, 6.45) is -9.24. The second-order valence-electron chi connectivity index (χ2n) is 13.1. The van der Waals surface area contributed by atoms with E-state index in [0.29, 0.717) is 22.6 Å². The third-order valence-corrected chi connectivity index (χ3v) is 10.8. The average Bonchev–Trinajstić information content (AvgIpc) is 3.41. The lowest BCUT2D eigenvalue weighted by atomic mass is 9.51. The number of aromatic hydroxyl groups is 1. The number of nitrogens with zero attached hydrogens (tertiary/aromatic N) is 2. The first-order valence-electron chi connectivity index (χ1n) is 15.3. The van der Waals surface area contributed by atoms with E-state index in [1.54, 1.807) is 12.1 Å². The van der Waals surface area contributed by atoms with Gasteiger partial charge in [0.05, 0.1) is 50.7 Å². The van der Waals surface area contributed by atoms with E-state index in [-0.39, 0.29) is 40.9 Å². The predicted molar refractivity (Wildman–Crippen MR) is 163 cm³/mol. The fourth-order valence-corrected chi connectivity index (χ4v) is 8.46. The fourth-order valence-electron chi connectivity index (χ4n) is 8.28. The molecule has 2 heterocycles. The van der Waals surface area contributed by atoms with Gasteiger partial charge < -0.3 is 5.11 Å². The number of benzene rings is 3. The number of phenols is 1. The van der Waals surface area contributed by atoms with Gasteiger partial charge in [-0.25, -0.2) is 14.2 Å². The van der Waals surface area contributed by atoms with E-state index >= 15 is 0 Å². The van der Waals surface area contributed by atoms with Crippen LogP contribution in [0.3, 0.4) is 0 Å². The van der Waals surface area contributed by atoms with E-state index in [4.69, 9.17) is 11.6 Å². The Labute approximate surface area is 283 Å². The number of fused-ring (bicyclic) bond motifs is 4. The first-order valence-corrected chi connectivity index (χ1v) is 15.7. The number of rotatable bonds is 3. The van der Waals surface area contributed by atoms with Crippen molar-refractivity contribution in [2.75, 3.05) is 9.80 Å². The zero-order chi connectivity index (χ0) is 36.2. The zero-order valence-corrected chi connectivity index (χ0v) is 26.4. The molecule has 1 N–H and O–H groups in total. The van der Waals surface area contributed by atoms with Crippen LogP contribution in [0.25, 0.3) is 0 Å². The highest BCUT2D eigenvalue weighted by Gasteiger charge is 2.68. The molecule has 50 heavy (non-hydrogen) atoms. The van der Waals surface area contributed by atoms with E-state index < -0.39 is 93.6 Å². The van der Waals surface area contributed by atoms with Crippen molar-refractivity contribution in [3.63, 3.8) is 0 Å². The van der Waals surface area contributed by atoms with Crippen molar-refractivity contribution in [2.45, 2.75) is 38.0 Å². The summed E-state index contributed by atoms with van der Waals surface area (Å²) in [5.41, 5.74) is -5.31. The van der Waals surface area contributed by atoms with Crippen LogP contribution in [0.4, 0.5) is 42.1 Å². The monoisotopic (exact) mass is 720 g/mol. The minimum atomic E-state index is -5.24. The molecule has 4 aliphatic rings. The Morgan fingerprint density at radius 3 is 2.04 bits per heavy atom. The van der Waals surface area contributed by atoms with Crippen LogP contribution in [0.2, 0.25) is 5.02 Å². The number of imide groups is 2. The smallest absolute Gasteiger partial charge is 0.416 e. The molecule has 7 nitrogen and oxygen atoms in total. The summed E-state index contributed by atoms with van der Waals surface area (Å²) in [6, 6.07) is 9.78.